The zero-order valence-electron chi connectivity index (χ0n) is 12.7. The van der Waals surface area contributed by atoms with Crippen molar-refractivity contribution in [3.8, 4) is 11.5 Å². The molecule has 2 rings (SSSR count). The molecule has 1 aromatic carbocycles. The first kappa shape index (κ1) is 17.4. The Labute approximate surface area is 132 Å². The van der Waals surface area contributed by atoms with Crippen LogP contribution in [0.25, 0.3) is 0 Å². The highest BCUT2D eigenvalue weighted by molar-refractivity contribution is 5.76. The van der Waals surface area contributed by atoms with E-state index in [4.69, 9.17) is 9.47 Å². The zero-order chi connectivity index (χ0) is 16.9. The fraction of sp³-hybridized carbons (Fsp3) is 0.533. The van der Waals surface area contributed by atoms with Crippen LogP contribution in [-0.2, 0) is 11.2 Å². The van der Waals surface area contributed by atoms with E-state index >= 15 is 0 Å². The molecule has 1 amide bonds. The molecule has 0 bridgehead atoms. The fourth-order valence-electron chi connectivity index (χ4n) is 2.38. The van der Waals surface area contributed by atoms with Gasteiger partial charge in [-0.25, -0.2) is 0 Å². The third-order valence-corrected chi connectivity index (χ3v) is 3.39. The molecule has 1 unspecified atom stereocenters. The summed E-state index contributed by atoms with van der Waals surface area (Å²) in [5.74, 6) is 1.01. The molecule has 8 heteroatoms. The topological polar surface area (TPSA) is 59.6 Å². The van der Waals surface area contributed by atoms with Crippen LogP contribution in [0.2, 0.25) is 0 Å². The van der Waals surface area contributed by atoms with Crippen molar-refractivity contribution < 1.29 is 27.4 Å². The zero-order valence-corrected chi connectivity index (χ0v) is 12.7. The molecule has 1 aromatic rings. The number of carbonyl (C=O) groups is 1. The number of hydrogen-bond acceptors (Lipinski definition) is 4. The highest BCUT2D eigenvalue weighted by Crippen LogP contribution is 2.34. The number of methoxy groups -OCH3 is 1. The largest absolute Gasteiger partial charge is 0.493 e. The first-order valence-electron chi connectivity index (χ1n) is 7.24. The van der Waals surface area contributed by atoms with Crippen LogP contribution >= 0.6 is 0 Å². The summed E-state index contributed by atoms with van der Waals surface area (Å²) in [7, 11) is 1.56. The van der Waals surface area contributed by atoms with E-state index < -0.39 is 12.7 Å². The first-order valence-corrected chi connectivity index (χ1v) is 7.24. The van der Waals surface area contributed by atoms with Crippen molar-refractivity contribution in [2.45, 2.75) is 25.1 Å². The molecule has 128 valence electrons. The van der Waals surface area contributed by atoms with Crippen LogP contribution in [0.4, 0.5) is 13.2 Å². The third-order valence-electron chi connectivity index (χ3n) is 3.39. The Morgan fingerprint density at radius 3 is 2.91 bits per heavy atom. The Bertz CT molecular complexity index is 549. The van der Waals surface area contributed by atoms with E-state index in [0.717, 1.165) is 5.56 Å². The Kier molecular flexibility index (Phi) is 5.70. The van der Waals surface area contributed by atoms with Crippen LogP contribution in [0.3, 0.4) is 0 Å². The predicted molar refractivity (Wildman–Crippen MR) is 77.7 cm³/mol. The molecule has 0 radical (unpaired) electrons. The summed E-state index contributed by atoms with van der Waals surface area (Å²) < 4.78 is 46.7. The van der Waals surface area contributed by atoms with Crippen molar-refractivity contribution in [2.75, 3.05) is 26.8 Å². The minimum Gasteiger partial charge on any atom is -0.493 e. The van der Waals surface area contributed by atoms with Gasteiger partial charge in [-0.2, -0.15) is 13.2 Å². The number of nitrogens with one attached hydrogen (secondary N) is 2. The average molecular weight is 332 g/mol. The highest BCUT2D eigenvalue weighted by Gasteiger charge is 2.26. The van der Waals surface area contributed by atoms with Crippen LogP contribution in [0.15, 0.2) is 18.2 Å². The van der Waals surface area contributed by atoms with E-state index in [1.807, 2.05) is 12.1 Å². The second kappa shape index (κ2) is 7.54. The third kappa shape index (κ3) is 5.31. The molecule has 0 saturated carbocycles. The lowest BCUT2D eigenvalue weighted by Gasteiger charge is -2.27. The molecule has 2 N–H and O–H groups in total. The number of para-hydroxylation sites is 1. The van der Waals surface area contributed by atoms with Gasteiger partial charge in [-0.15, -0.1) is 0 Å². The molecule has 0 saturated heterocycles. The minimum atomic E-state index is -4.27. The molecule has 5 nitrogen and oxygen atoms in total. The number of halogens is 3. The van der Waals surface area contributed by atoms with Gasteiger partial charge in [0.15, 0.2) is 11.5 Å². The highest BCUT2D eigenvalue weighted by atomic mass is 19.4. The summed E-state index contributed by atoms with van der Waals surface area (Å²) in [6, 6.07) is 5.32. The maximum absolute atomic E-state index is 12.0. The number of ether oxygens (including phenoxy) is 2. The predicted octanol–water partition coefficient (Wildman–Crippen LogP) is 1.66. The van der Waals surface area contributed by atoms with Gasteiger partial charge >= 0.3 is 6.18 Å². The SMILES string of the molecule is COc1cccc2c1OCC(NC(=O)CCNCC(F)(F)F)C2. The number of hydrogen-bond donors (Lipinski definition) is 2. The molecule has 23 heavy (non-hydrogen) atoms. The maximum atomic E-state index is 12.0. The van der Waals surface area contributed by atoms with Gasteiger partial charge in [0.25, 0.3) is 0 Å². The van der Waals surface area contributed by atoms with Gasteiger partial charge in [0.2, 0.25) is 5.91 Å². The second-order valence-electron chi connectivity index (χ2n) is 5.27. The van der Waals surface area contributed by atoms with Gasteiger partial charge in [0, 0.05) is 18.5 Å². The van der Waals surface area contributed by atoms with Crippen LogP contribution in [0.1, 0.15) is 12.0 Å². The van der Waals surface area contributed by atoms with Gasteiger partial charge in [-0.3, -0.25) is 4.79 Å². The minimum absolute atomic E-state index is 0.0163. The lowest BCUT2D eigenvalue weighted by atomic mass is 10.0. The van der Waals surface area contributed by atoms with Gasteiger partial charge in [-0.05, 0) is 12.5 Å². The second-order valence-corrected chi connectivity index (χ2v) is 5.27. The van der Waals surface area contributed by atoms with E-state index in [-0.39, 0.29) is 24.9 Å². The first-order chi connectivity index (χ1) is 10.9. The normalized spacial score (nSPS) is 17.1. The van der Waals surface area contributed by atoms with Crippen molar-refractivity contribution in [1.29, 1.82) is 0 Å². The number of benzene rings is 1. The Balaban J connectivity index is 1.77. The molecular formula is C15H19F3N2O3. The lowest BCUT2D eigenvalue weighted by Crippen LogP contribution is -2.43. The molecule has 1 atom stereocenters. The average Bonchev–Trinajstić information content (AvgIpc) is 2.50. The molecular weight excluding hydrogens is 313 g/mol. The summed E-state index contributed by atoms with van der Waals surface area (Å²) >= 11 is 0. The Morgan fingerprint density at radius 1 is 1.43 bits per heavy atom. The van der Waals surface area contributed by atoms with Crippen LogP contribution < -0.4 is 20.1 Å². The number of amides is 1. The number of alkyl halides is 3. The smallest absolute Gasteiger partial charge is 0.401 e. The molecule has 0 aliphatic carbocycles. The fourth-order valence-corrected chi connectivity index (χ4v) is 2.38. The van der Waals surface area contributed by atoms with Crippen molar-refractivity contribution in [3.63, 3.8) is 0 Å². The van der Waals surface area contributed by atoms with Crippen LogP contribution in [0.5, 0.6) is 11.5 Å². The molecule has 1 aliphatic rings. The number of carbonyl (C=O) groups excluding carboxylic acids is 1. The maximum Gasteiger partial charge on any atom is 0.401 e. The Hall–Kier alpha value is -1.96. The van der Waals surface area contributed by atoms with Crippen LogP contribution in [0, 0.1) is 0 Å². The van der Waals surface area contributed by atoms with E-state index in [9.17, 15) is 18.0 Å². The number of rotatable bonds is 6. The molecule has 1 heterocycles. The summed E-state index contributed by atoms with van der Waals surface area (Å²) in [6.07, 6.45) is -3.69. The lowest BCUT2D eigenvalue weighted by molar-refractivity contribution is -0.127. The molecule has 0 spiro atoms. The molecule has 0 aromatic heterocycles. The summed E-state index contributed by atoms with van der Waals surface area (Å²) in [4.78, 5) is 11.8. The van der Waals surface area contributed by atoms with E-state index in [1.54, 1.807) is 13.2 Å². The van der Waals surface area contributed by atoms with Crippen molar-refractivity contribution in [1.82, 2.24) is 10.6 Å². The van der Waals surface area contributed by atoms with Crippen molar-refractivity contribution in [2.24, 2.45) is 0 Å². The van der Waals surface area contributed by atoms with Crippen molar-refractivity contribution in [3.05, 3.63) is 23.8 Å². The summed E-state index contributed by atoms with van der Waals surface area (Å²) in [6.45, 7) is -0.821. The van der Waals surface area contributed by atoms with E-state index in [0.29, 0.717) is 24.5 Å². The van der Waals surface area contributed by atoms with Crippen molar-refractivity contribution >= 4 is 5.91 Å². The Morgan fingerprint density at radius 2 is 2.22 bits per heavy atom. The van der Waals surface area contributed by atoms with E-state index in [1.165, 1.54) is 0 Å². The van der Waals surface area contributed by atoms with E-state index in [2.05, 4.69) is 10.6 Å². The van der Waals surface area contributed by atoms with Gasteiger partial charge in [-0.1, -0.05) is 12.1 Å². The quantitative estimate of drug-likeness (QED) is 0.778. The summed E-state index contributed by atoms with van der Waals surface area (Å²) in [5, 5.41) is 4.96. The molecule has 0 fully saturated rings. The molecule has 1 aliphatic heterocycles. The standard InChI is InChI=1S/C15H19F3N2O3/c1-22-12-4-2-3-10-7-11(8-23-14(10)12)20-13(21)5-6-19-9-15(16,17)18/h2-4,11,19H,5-9H2,1H3,(H,20,21). The number of fused-ring (bicyclic) bond motifs is 1. The van der Waals surface area contributed by atoms with Crippen LogP contribution in [-0.4, -0.2) is 44.9 Å². The monoisotopic (exact) mass is 332 g/mol. The summed E-state index contributed by atoms with van der Waals surface area (Å²) in [5.41, 5.74) is 0.927. The van der Waals surface area contributed by atoms with Gasteiger partial charge in [0.05, 0.1) is 19.7 Å². The van der Waals surface area contributed by atoms with Gasteiger partial charge < -0.3 is 20.1 Å². The van der Waals surface area contributed by atoms with Gasteiger partial charge in [0.1, 0.15) is 6.61 Å².